The molecule has 6 heteroatoms. The number of fused-ring (bicyclic) bond motifs is 1. The van der Waals surface area contributed by atoms with Gasteiger partial charge < -0.3 is 5.32 Å². The van der Waals surface area contributed by atoms with Crippen molar-refractivity contribution < 1.29 is 14.4 Å². The highest BCUT2D eigenvalue weighted by Gasteiger charge is 2.32. The Kier molecular flexibility index (Phi) is 3.28. The van der Waals surface area contributed by atoms with Crippen LogP contribution in [-0.4, -0.2) is 17.7 Å². The van der Waals surface area contributed by atoms with Crippen LogP contribution in [0, 0.1) is 16.7 Å². The van der Waals surface area contributed by atoms with E-state index >= 15 is 0 Å². The molecule has 1 aliphatic rings. The van der Waals surface area contributed by atoms with Crippen molar-refractivity contribution in [1.29, 1.82) is 5.26 Å². The van der Waals surface area contributed by atoms with Gasteiger partial charge in [-0.15, -0.1) is 0 Å². The predicted molar refractivity (Wildman–Crippen MR) is 70.9 cm³/mol. The summed E-state index contributed by atoms with van der Waals surface area (Å²) in [5.74, 6) is -1.37. The Morgan fingerprint density at radius 1 is 1.35 bits per heavy atom. The molecule has 1 heterocycles. The number of nitriles is 1. The van der Waals surface area contributed by atoms with Gasteiger partial charge in [0.25, 0.3) is 11.8 Å². The van der Waals surface area contributed by atoms with E-state index in [1.807, 2.05) is 6.07 Å². The van der Waals surface area contributed by atoms with Crippen LogP contribution in [-0.2, 0) is 4.79 Å². The number of benzene rings is 1. The van der Waals surface area contributed by atoms with Crippen molar-refractivity contribution in [3.63, 3.8) is 0 Å². The van der Waals surface area contributed by atoms with Gasteiger partial charge in [0.2, 0.25) is 5.91 Å². The summed E-state index contributed by atoms with van der Waals surface area (Å²) < 4.78 is 0. The molecule has 0 saturated heterocycles. The highest BCUT2D eigenvalue weighted by atomic mass is 16.2. The molecular weight excluding hydrogens is 258 g/mol. The van der Waals surface area contributed by atoms with E-state index in [1.165, 1.54) is 18.2 Å². The summed E-state index contributed by atoms with van der Waals surface area (Å²) in [6, 6.07) is 6.41. The zero-order valence-electron chi connectivity index (χ0n) is 11.1. The first kappa shape index (κ1) is 13.7. The molecule has 20 heavy (non-hydrogen) atoms. The minimum Gasteiger partial charge on any atom is -0.325 e. The number of anilines is 1. The van der Waals surface area contributed by atoms with Crippen LogP contribution in [0.4, 0.5) is 5.69 Å². The minimum atomic E-state index is -1.13. The molecular formula is C14H13N3O3. The Hall–Kier alpha value is -2.68. The van der Waals surface area contributed by atoms with Crippen molar-refractivity contribution >= 4 is 23.4 Å². The summed E-state index contributed by atoms with van der Waals surface area (Å²) in [7, 11) is 0. The zero-order valence-corrected chi connectivity index (χ0v) is 11.1. The van der Waals surface area contributed by atoms with E-state index in [1.54, 1.807) is 13.8 Å². The molecule has 1 aromatic carbocycles. The van der Waals surface area contributed by atoms with Crippen LogP contribution >= 0.6 is 0 Å². The summed E-state index contributed by atoms with van der Waals surface area (Å²) in [4.78, 5) is 35.0. The molecule has 0 bridgehead atoms. The van der Waals surface area contributed by atoms with Crippen LogP contribution in [0.2, 0.25) is 0 Å². The van der Waals surface area contributed by atoms with E-state index in [4.69, 9.17) is 5.26 Å². The summed E-state index contributed by atoms with van der Waals surface area (Å²) in [6.45, 7) is 3.30. The Bertz CT molecular complexity index is 660. The third-order valence-electron chi connectivity index (χ3n) is 3.45. The average molecular weight is 271 g/mol. The van der Waals surface area contributed by atoms with Gasteiger partial charge in [-0.3, -0.25) is 19.7 Å². The molecule has 0 saturated carbocycles. The molecule has 1 aliphatic heterocycles. The second-order valence-corrected chi connectivity index (χ2v) is 4.80. The maximum atomic E-state index is 12.0. The lowest BCUT2D eigenvalue weighted by atomic mass is 9.88. The maximum absolute atomic E-state index is 12.0. The molecule has 1 unspecified atom stereocenters. The second kappa shape index (κ2) is 4.78. The van der Waals surface area contributed by atoms with Crippen LogP contribution in [0.15, 0.2) is 18.2 Å². The highest BCUT2D eigenvalue weighted by Crippen LogP contribution is 2.24. The quantitative estimate of drug-likeness (QED) is 0.813. The van der Waals surface area contributed by atoms with E-state index in [0.717, 1.165) is 0 Å². The first-order chi connectivity index (χ1) is 9.41. The third kappa shape index (κ3) is 2.14. The molecule has 6 nitrogen and oxygen atoms in total. The van der Waals surface area contributed by atoms with Crippen molar-refractivity contribution in [2.45, 2.75) is 20.3 Å². The van der Waals surface area contributed by atoms with E-state index in [9.17, 15) is 14.4 Å². The number of hydrogen-bond acceptors (Lipinski definition) is 4. The molecule has 1 atom stereocenters. The number of nitrogens with zero attached hydrogens (tertiary/aromatic N) is 1. The average Bonchev–Trinajstić information content (AvgIpc) is 2.72. The van der Waals surface area contributed by atoms with Gasteiger partial charge in [0.1, 0.15) is 5.41 Å². The number of nitrogens with one attached hydrogen (secondary N) is 2. The van der Waals surface area contributed by atoms with Crippen molar-refractivity contribution in [2.24, 2.45) is 5.41 Å². The van der Waals surface area contributed by atoms with Crippen molar-refractivity contribution in [2.75, 3.05) is 5.32 Å². The molecule has 3 amide bonds. The minimum absolute atomic E-state index is 0.225. The Morgan fingerprint density at radius 2 is 2.00 bits per heavy atom. The predicted octanol–water partition coefficient (Wildman–Crippen LogP) is 1.45. The largest absolute Gasteiger partial charge is 0.325 e. The van der Waals surface area contributed by atoms with Gasteiger partial charge in [0, 0.05) is 5.69 Å². The monoisotopic (exact) mass is 271 g/mol. The lowest BCUT2D eigenvalue weighted by molar-refractivity contribution is -0.122. The van der Waals surface area contributed by atoms with Gasteiger partial charge >= 0.3 is 0 Å². The Labute approximate surface area is 115 Å². The summed E-state index contributed by atoms with van der Waals surface area (Å²) in [5.41, 5.74) is -0.236. The normalized spacial score (nSPS) is 15.8. The molecule has 2 N–H and O–H groups in total. The molecule has 0 aromatic heterocycles. The number of hydrogen-bond donors (Lipinski definition) is 2. The van der Waals surface area contributed by atoms with Crippen molar-refractivity contribution in [3.05, 3.63) is 29.3 Å². The van der Waals surface area contributed by atoms with Crippen molar-refractivity contribution in [1.82, 2.24) is 5.32 Å². The molecule has 1 aromatic rings. The molecule has 102 valence electrons. The number of amides is 3. The smallest absolute Gasteiger partial charge is 0.259 e. The van der Waals surface area contributed by atoms with E-state index < -0.39 is 23.1 Å². The van der Waals surface area contributed by atoms with Crippen LogP contribution in [0.1, 0.15) is 41.0 Å². The Balaban J connectivity index is 2.27. The van der Waals surface area contributed by atoms with Gasteiger partial charge in [0.05, 0.1) is 17.2 Å². The summed E-state index contributed by atoms with van der Waals surface area (Å²) in [6.07, 6.45) is 0.374. The van der Waals surface area contributed by atoms with Crippen LogP contribution in [0.3, 0.4) is 0 Å². The fraction of sp³-hybridized carbons (Fsp3) is 0.286. The van der Waals surface area contributed by atoms with Gasteiger partial charge in [-0.25, -0.2) is 0 Å². The number of imide groups is 1. The number of carbonyl (C=O) groups is 3. The molecule has 2 rings (SSSR count). The third-order valence-corrected chi connectivity index (χ3v) is 3.45. The second-order valence-electron chi connectivity index (χ2n) is 4.80. The number of rotatable bonds is 3. The van der Waals surface area contributed by atoms with Gasteiger partial charge in [-0.1, -0.05) is 6.92 Å². The van der Waals surface area contributed by atoms with E-state index in [0.29, 0.717) is 12.1 Å². The molecule has 0 aliphatic carbocycles. The van der Waals surface area contributed by atoms with Gasteiger partial charge in [0.15, 0.2) is 0 Å². The fourth-order valence-corrected chi connectivity index (χ4v) is 1.81. The van der Waals surface area contributed by atoms with Gasteiger partial charge in [-0.2, -0.15) is 5.26 Å². The first-order valence-corrected chi connectivity index (χ1v) is 6.13. The van der Waals surface area contributed by atoms with Crippen LogP contribution < -0.4 is 10.6 Å². The van der Waals surface area contributed by atoms with Crippen LogP contribution in [0.25, 0.3) is 0 Å². The SMILES string of the molecule is CCC(C)(C#N)C(=O)Nc1ccc2c(c1)C(=O)NC2=O. The van der Waals surface area contributed by atoms with Gasteiger partial charge in [-0.05, 0) is 31.5 Å². The number of carbonyl (C=O) groups excluding carboxylic acids is 3. The fourth-order valence-electron chi connectivity index (χ4n) is 1.81. The molecule has 0 fully saturated rings. The lowest BCUT2D eigenvalue weighted by Crippen LogP contribution is -2.31. The summed E-state index contributed by atoms with van der Waals surface area (Å²) >= 11 is 0. The summed E-state index contributed by atoms with van der Waals surface area (Å²) in [5, 5.41) is 13.8. The zero-order chi connectivity index (χ0) is 14.9. The van der Waals surface area contributed by atoms with Crippen molar-refractivity contribution in [3.8, 4) is 6.07 Å². The highest BCUT2D eigenvalue weighted by molar-refractivity contribution is 6.22. The maximum Gasteiger partial charge on any atom is 0.259 e. The lowest BCUT2D eigenvalue weighted by Gasteiger charge is -2.18. The van der Waals surface area contributed by atoms with E-state index in [-0.39, 0.29) is 11.1 Å². The van der Waals surface area contributed by atoms with Crippen LogP contribution in [0.5, 0.6) is 0 Å². The molecule has 0 radical (unpaired) electrons. The molecule has 0 spiro atoms. The standard InChI is InChI=1S/C14H13N3O3/c1-3-14(2,7-15)13(20)16-8-4-5-9-10(6-8)12(19)17-11(9)18/h4-6H,3H2,1-2H3,(H,16,20)(H,17,18,19). The van der Waals surface area contributed by atoms with E-state index in [2.05, 4.69) is 10.6 Å². The topological polar surface area (TPSA) is 99.1 Å². The first-order valence-electron chi connectivity index (χ1n) is 6.13. The Morgan fingerprint density at radius 3 is 2.60 bits per heavy atom.